The molecular weight excluding hydrogens is 186 g/mol. The normalized spacial score (nSPS) is 12.7. The molecule has 0 bridgehead atoms. The van der Waals surface area contributed by atoms with Crippen LogP contribution >= 0.6 is 0 Å². The molecule has 0 aliphatic carbocycles. The minimum absolute atomic E-state index is 0.496. The van der Waals surface area contributed by atoms with E-state index in [-0.39, 0.29) is 0 Å². The van der Waals surface area contributed by atoms with Crippen molar-refractivity contribution < 1.29 is 0 Å². The lowest BCUT2D eigenvalue weighted by Crippen LogP contribution is -2.06. The van der Waals surface area contributed by atoms with Gasteiger partial charge in [0.15, 0.2) is 0 Å². The number of aromatic nitrogens is 2. The molecule has 0 spiro atoms. The lowest BCUT2D eigenvalue weighted by molar-refractivity contribution is 0.479. The van der Waals surface area contributed by atoms with E-state index in [1.54, 1.807) is 0 Å². The molecule has 1 unspecified atom stereocenters. The molecule has 0 aliphatic heterocycles. The highest BCUT2D eigenvalue weighted by atomic mass is 15.3. The van der Waals surface area contributed by atoms with Crippen molar-refractivity contribution in [2.24, 2.45) is 0 Å². The molecule has 3 nitrogen and oxygen atoms in total. The molecule has 1 aromatic heterocycles. The van der Waals surface area contributed by atoms with Crippen molar-refractivity contribution in [2.75, 3.05) is 11.9 Å². The van der Waals surface area contributed by atoms with E-state index in [4.69, 9.17) is 0 Å². The van der Waals surface area contributed by atoms with Crippen molar-refractivity contribution in [1.82, 2.24) is 9.78 Å². The van der Waals surface area contributed by atoms with E-state index in [0.717, 1.165) is 18.8 Å². The summed E-state index contributed by atoms with van der Waals surface area (Å²) >= 11 is 0. The fraction of sp³-hybridized carbons (Fsp3) is 0.750. The molecule has 86 valence electrons. The maximum atomic E-state index is 4.48. The van der Waals surface area contributed by atoms with E-state index in [2.05, 4.69) is 43.4 Å². The lowest BCUT2D eigenvalue weighted by atomic mass is 10.2. The molecule has 0 aromatic carbocycles. The van der Waals surface area contributed by atoms with Gasteiger partial charge in [0.2, 0.25) is 0 Å². The Morgan fingerprint density at radius 3 is 2.87 bits per heavy atom. The molecule has 1 rings (SSSR count). The molecule has 15 heavy (non-hydrogen) atoms. The smallest absolute Gasteiger partial charge is 0.147 e. The van der Waals surface area contributed by atoms with Gasteiger partial charge < -0.3 is 5.32 Å². The highest BCUT2D eigenvalue weighted by Gasteiger charge is 2.03. The topological polar surface area (TPSA) is 29.9 Å². The molecule has 1 heterocycles. The average molecular weight is 209 g/mol. The van der Waals surface area contributed by atoms with Crippen molar-refractivity contribution >= 4 is 5.82 Å². The van der Waals surface area contributed by atoms with Gasteiger partial charge in [0.1, 0.15) is 5.82 Å². The summed E-state index contributed by atoms with van der Waals surface area (Å²) in [5.41, 5.74) is 0. The largest absolute Gasteiger partial charge is 0.369 e. The molecule has 0 fully saturated rings. The van der Waals surface area contributed by atoms with Crippen LogP contribution in [0.15, 0.2) is 12.3 Å². The maximum absolute atomic E-state index is 4.48. The molecule has 0 saturated carbocycles. The number of nitrogens with zero attached hydrogens (tertiary/aromatic N) is 2. The van der Waals surface area contributed by atoms with Crippen molar-refractivity contribution in [1.29, 1.82) is 0 Å². The van der Waals surface area contributed by atoms with Crippen LogP contribution in [0.1, 0.15) is 52.5 Å². The van der Waals surface area contributed by atoms with E-state index in [9.17, 15) is 0 Å². The van der Waals surface area contributed by atoms with E-state index in [1.807, 2.05) is 4.68 Å². The zero-order valence-electron chi connectivity index (χ0n) is 10.2. The first-order valence-electron chi connectivity index (χ1n) is 6.07. The zero-order valence-corrected chi connectivity index (χ0v) is 10.2. The first-order chi connectivity index (χ1) is 7.27. The Morgan fingerprint density at radius 1 is 1.40 bits per heavy atom. The quantitative estimate of drug-likeness (QED) is 0.697. The molecule has 3 heteroatoms. The molecular formula is C12H23N3. The molecule has 1 atom stereocenters. The van der Waals surface area contributed by atoms with Crippen molar-refractivity contribution in [3.8, 4) is 0 Å². The molecule has 0 amide bonds. The van der Waals surface area contributed by atoms with Crippen LogP contribution < -0.4 is 5.32 Å². The summed E-state index contributed by atoms with van der Waals surface area (Å²) in [4.78, 5) is 0. The third-order valence-corrected chi connectivity index (χ3v) is 2.74. The van der Waals surface area contributed by atoms with Crippen LogP contribution in [0.3, 0.4) is 0 Å². The predicted molar refractivity (Wildman–Crippen MR) is 65.2 cm³/mol. The number of rotatable bonds is 7. The first kappa shape index (κ1) is 12.1. The van der Waals surface area contributed by atoms with Gasteiger partial charge in [-0.25, -0.2) is 0 Å². The lowest BCUT2D eigenvalue weighted by Gasteiger charge is -2.08. The summed E-state index contributed by atoms with van der Waals surface area (Å²) in [5, 5.41) is 7.83. The summed E-state index contributed by atoms with van der Waals surface area (Å²) < 4.78 is 2.03. The number of nitrogens with one attached hydrogen (secondary N) is 1. The maximum Gasteiger partial charge on any atom is 0.147 e. The van der Waals surface area contributed by atoms with Gasteiger partial charge in [-0.15, -0.1) is 0 Å². The summed E-state index contributed by atoms with van der Waals surface area (Å²) in [6.45, 7) is 7.62. The van der Waals surface area contributed by atoms with Crippen LogP contribution in [0.4, 0.5) is 5.82 Å². The summed E-state index contributed by atoms with van der Waals surface area (Å²) in [6, 6.07) is 2.55. The highest BCUT2D eigenvalue weighted by Crippen LogP contribution is 2.11. The van der Waals surface area contributed by atoms with Crippen molar-refractivity contribution in [2.45, 2.75) is 52.5 Å². The molecule has 1 N–H and O–H groups in total. The number of unbranched alkanes of at least 4 members (excludes halogenated alkanes) is 2. The summed E-state index contributed by atoms with van der Waals surface area (Å²) in [6.07, 6.45) is 6.96. The zero-order chi connectivity index (χ0) is 11.1. The van der Waals surface area contributed by atoms with Crippen LogP contribution in [0.5, 0.6) is 0 Å². The number of hydrogen-bond donors (Lipinski definition) is 1. The number of anilines is 1. The minimum atomic E-state index is 0.496. The molecule has 0 saturated heterocycles. The Morgan fingerprint density at radius 2 is 2.20 bits per heavy atom. The fourth-order valence-corrected chi connectivity index (χ4v) is 1.46. The van der Waals surface area contributed by atoms with Gasteiger partial charge in [0.25, 0.3) is 0 Å². The van der Waals surface area contributed by atoms with Crippen LogP contribution in [0.25, 0.3) is 0 Å². The second kappa shape index (κ2) is 6.49. The van der Waals surface area contributed by atoms with E-state index in [0.29, 0.717) is 6.04 Å². The second-order valence-electron chi connectivity index (χ2n) is 4.07. The first-order valence-corrected chi connectivity index (χ1v) is 6.07. The van der Waals surface area contributed by atoms with Gasteiger partial charge in [-0.3, -0.25) is 4.68 Å². The molecule has 0 aliphatic rings. The number of hydrogen-bond acceptors (Lipinski definition) is 2. The van der Waals surface area contributed by atoms with Gasteiger partial charge in [-0.2, -0.15) is 5.10 Å². The van der Waals surface area contributed by atoms with Crippen LogP contribution in [0.2, 0.25) is 0 Å². The van der Waals surface area contributed by atoms with E-state index < -0.39 is 0 Å². The van der Waals surface area contributed by atoms with E-state index in [1.165, 1.54) is 19.3 Å². The SMILES string of the molecule is CCCCCNc1ccn(C(C)CC)n1. The second-order valence-corrected chi connectivity index (χ2v) is 4.07. The molecule has 1 aromatic rings. The van der Waals surface area contributed by atoms with Gasteiger partial charge in [0.05, 0.1) is 0 Å². The Balaban J connectivity index is 2.33. The highest BCUT2D eigenvalue weighted by molar-refractivity contribution is 5.31. The van der Waals surface area contributed by atoms with Crippen molar-refractivity contribution in [3.05, 3.63) is 12.3 Å². The average Bonchev–Trinajstić information content (AvgIpc) is 2.72. The predicted octanol–water partition coefficient (Wildman–Crippen LogP) is 3.46. The Bertz CT molecular complexity index is 268. The van der Waals surface area contributed by atoms with Gasteiger partial charge in [0, 0.05) is 24.8 Å². The Kier molecular flexibility index (Phi) is 5.22. The van der Waals surface area contributed by atoms with Crippen LogP contribution in [0, 0.1) is 0 Å². The monoisotopic (exact) mass is 209 g/mol. The summed E-state index contributed by atoms with van der Waals surface area (Å²) in [7, 11) is 0. The van der Waals surface area contributed by atoms with Gasteiger partial charge in [-0.05, 0) is 19.8 Å². The van der Waals surface area contributed by atoms with Crippen LogP contribution in [-0.4, -0.2) is 16.3 Å². The van der Waals surface area contributed by atoms with E-state index >= 15 is 0 Å². The van der Waals surface area contributed by atoms with Gasteiger partial charge >= 0.3 is 0 Å². The fourth-order valence-electron chi connectivity index (χ4n) is 1.46. The standard InChI is InChI=1S/C12H23N3/c1-4-6-7-9-13-12-8-10-15(14-12)11(3)5-2/h8,10-11H,4-7,9H2,1-3H3,(H,13,14). The van der Waals surface area contributed by atoms with Crippen LogP contribution in [-0.2, 0) is 0 Å². The van der Waals surface area contributed by atoms with Crippen molar-refractivity contribution in [3.63, 3.8) is 0 Å². The summed E-state index contributed by atoms with van der Waals surface area (Å²) in [5.74, 6) is 1.01. The Labute approximate surface area is 92.9 Å². The van der Waals surface area contributed by atoms with Gasteiger partial charge in [-0.1, -0.05) is 26.7 Å². The third-order valence-electron chi connectivity index (χ3n) is 2.74. The minimum Gasteiger partial charge on any atom is -0.369 e. The Hall–Kier alpha value is -0.990. The third kappa shape index (κ3) is 3.94. The molecule has 0 radical (unpaired) electrons.